The van der Waals surface area contributed by atoms with Crippen LogP contribution in [0.25, 0.3) is 0 Å². The molecule has 28 heavy (non-hydrogen) atoms. The molecule has 0 bridgehead atoms. The van der Waals surface area contributed by atoms with E-state index in [1.54, 1.807) is 31.3 Å². The molecule has 0 aliphatic carbocycles. The van der Waals surface area contributed by atoms with Gasteiger partial charge in [-0.15, -0.1) is 0 Å². The van der Waals surface area contributed by atoms with Crippen molar-refractivity contribution in [2.45, 2.75) is 0 Å². The average Bonchev–Trinajstić information content (AvgIpc) is 2.75. The summed E-state index contributed by atoms with van der Waals surface area (Å²) in [5.41, 5.74) is 2.13. The van der Waals surface area contributed by atoms with Crippen molar-refractivity contribution in [2.24, 2.45) is 0 Å². The van der Waals surface area contributed by atoms with Crippen LogP contribution in [0, 0.1) is 0 Å². The first-order valence-electron chi connectivity index (χ1n) is 8.61. The predicted octanol–water partition coefficient (Wildman–Crippen LogP) is 4.56. The number of hydrogen-bond acceptors (Lipinski definition) is 4. The highest BCUT2D eigenvalue weighted by molar-refractivity contribution is 7.80. The third-order valence-corrected chi connectivity index (χ3v) is 4.41. The van der Waals surface area contributed by atoms with Crippen molar-refractivity contribution >= 4 is 34.6 Å². The molecule has 6 heteroatoms. The molecule has 3 aromatic carbocycles. The molecular formula is C22H20N2O3S. The maximum Gasteiger partial charge on any atom is 0.257 e. The number of thiocarbonyl (C=S) groups is 1. The number of nitrogens with one attached hydrogen (secondary N) is 1. The van der Waals surface area contributed by atoms with Crippen LogP contribution < -0.4 is 19.7 Å². The Morgan fingerprint density at radius 3 is 1.68 bits per heavy atom. The predicted molar refractivity (Wildman–Crippen MR) is 115 cm³/mol. The second-order valence-corrected chi connectivity index (χ2v) is 6.24. The van der Waals surface area contributed by atoms with E-state index < -0.39 is 0 Å². The minimum Gasteiger partial charge on any atom is -0.497 e. The number of carbonyl (C=O) groups is 1. The summed E-state index contributed by atoms with van der Waals surface area (Å²) in [4.78, 5) is 14.3. The van der Waals surface area contributed by atoms with Gasteiger partial charge in [0.1, 0.15) is 11.5 Å². The van der Waals surface area contributed by atoms with Gasteiger partial charge in [-0.3, -0.25) is 15.0 Å². The molecule has 5 nitrogen and oxygen atoms in total. The molecule has 0 atom stereocenters. The lowest BCUT2D eigenvalue weighted by atomic mass is 10.2. The van der Waals surface area contributed by atoms with Crippen LogP contribution in [0.4, 0.5) is 11.4 Å². The van der Waals surface area contributed by atoms with Crippen molar-refractivity contribution in [3.63, 3.8) is 0 Å². The standard InChI is InChI=1S/C22H20N2O3S/c1-26-19-12-8-17(9-13-19)24(18-10-14-20(27-2)15-11-18)22(28)23-21(25)16-6-4-3-5-7-16/h3-15H,1-2H3,(H,23,25,28). The third-order valence-electron chi connectivity index (χ3n) is 4.12. The molecule has 0 aromatic heterocycles. The van der Waals surface area contributed by atoms with Gasteiger partial charge in [-0.1, -0.05) is 18.2 Å². The lowest BCUT2D eigenvalue weighted by Gasteiger charge is -2.26. The Kier molecular flexibility index (Phi) is 6.24. The molecule has 1 N–H and O–H groups in total. The molecule has 0 aliphatic heterocycles. The Balaban J connectivity index is 1.92. The van der Waals surface area contributed by atoms with Crippen molar-refractivity contribution < 1.29 is 14.3 Å². The SMILES string of the molecule is COc1ccc(N(C(=S)NC(=O)c2ccccc2)c2ccc(OC)cc2)cc1. The van der Waals surface area contributed by atoms with Crippen molar-refractivity contribution in [3.05, 3.63) is 84.4 Å². The molecule has 0 saturated heterocycles. The van der Waals surface area contributed by atoms with Gasteiger partial charge in [0, 0.05) is 16.9 Å². The number of amides is 1. The fourth-order valence-corrected chi connectivity index (χ4v) is 2.96. The van der Waals surface area contributed by atoms with Crippen LogP contribution in [-0.2, 0) is 0 Å². The largest absolute Gasteiger partial charge is 0.497 e. The van der Waals surface area contributed by atoms with E-state index in [0.29, 0.717) is 5.56 Å². The fraction of sp³-hybridized carbons (Fsp3) is 0.0909. The van der Waals surface area contributed by atoms with Gasteiger partial charge in [0.2, 0.25) is 0 Å². The molecule has 0 heterocycles. The topological polar surface area (TPSA) is 50.8 Å². The second kappa shape index (κ2) is 9.01. The van der Waals surface area contributed by atoms with Crippen LogP contribution in [0.3, 0.4) is 0 Å². The zero-order chi connectivity index (χ0) is 19.9. The quantitative estimate of drug-likeness (QED) is 0.645. The highest BCUT2D eigenvalue weighted by atomic mass is 32.1. The first-order valence-corrected chi connectivity index (χ1v) is 9.02. The van der Waals surface area contributed by atoms with Gasteiger partial charge in [-0.05, 0) is 72.9 Å². The summed E-state index contributed by atoms with van der Waals surface area (Å²) in [7, 11) is 3.22. The van der Waals surface area contributed by atoms with Gasteiger partial charge in [0.15, 0.2) is 5.11 Å². The molecule has 0 unspecified atom stereocenters. The van der Waals surface area contributed by atoms with E-state index in [1.165, 1.54) is 0 Å². The number of rotatable bonds is 5. The average molecular weight is 392 g/mol. The zero-order valence-electron chi connectivity index (χ0n) is 15.6. The summed E-state index contributed by atoms with van der Waals surface area (Å²) in [5, 5.41) is 3.07. The summed E-state index contributed by atoms with van der Waals surface area (Å²) in [6.07, 6.45) is 0. The Hall–Kier alpha value is -3.38. The summed E-state index contributed by atoms with van der Waals surface area (Å²) >= 11 is 5.57. The van der Waals surface area contributed by atoms with E-state index in [-0.39, 0.29) is 11.0 Å². The Bertz CT molecular complexity index is 894. The molecule has 142 valence electrons. The molecule has 1 amide bonds. The van der Waals surface area contributed by atoms with Crippen molar-refractivity contribution in [2.75, 3.05) is 19.1 Å². The zero-order valence-corrected chi connectivity index (χ0v) is 16.4. The first-order chi connectivity index (χ1) is 13.6. The summed E-state index contributed by atoms with van der Waals surface area (Å²) < 4.78 is 10.5. The van der Waals surface area contributed by atoms with E-state index in [2.05, 4.69) is 5.32 Å². The van der Waals surface area contributed by atoms with E-state index in [1.807, 2.05) is 66.7 Å². The number of nitrogens with zero attached hydrogens (tertiary/aromatic N) is 1. The first kappa shape index (κ1) is 19.4. The van der Waals surface area contributed by atoms with Gasteiger partial charge in [0.25, 0.3) is 5.91 Å². The van der Waals surface area contributed by atoms with Gasteiger partial charge >= 0.3 is 0 Å². The summed E-state index contributed by atoms with van der Waals surface area (Å²) in [5.74, 6) is 1.20. The highest BCUT2D eigenvalue weighted by Crippen LogP contribution is 2.29. The monoisotopic (exact) mass is 392 g/mol. The number of benzene rings is 3. The minimum absolute atomic E-state index is 0.266. The number of methoxy groups -OCH3 is 2. The minimum atomic E-state index is -0.266. The Morgan fingerprint density at radius 1 is 0.786 bits per heavy atom. The summed E-state index contributed by atoms with van der Waals surface area (Å²) in [6, 6.07) is 23.8. The van der Waals surface area contributed by atoms with Crippen molar-refractivity contribution in [1.29, 1.82) is 0 Å². The van der Waals surface area contributed by atoms with Gasteiger partial charge in [-0.25, -0.2) is 0 Å². The number of anilines is 2. The van der Waals surface area contributed by atoms with Crippen LogP contribution in [-0.4, -0.2) is 25.2 Å². The molecule has 0 spiro atoms. The number of hydrogen-bond donors (Lipinski definition) is 1. The lowest BCUT2D eigenvalue weighted by Crippen LogP contribution is -2.40. The summed E-state index contributed by atoms with van der Waals surface area (Å²) in [6.45, 7) is 0. The maximum atomic E-state index is 12.6. The molecule has 0 fully saturated rings. The molecule has 0 saturated carbocycles. The Morgan fingerprint density at radius 2 is 1.25 bits per heavy atom. The molecular weight excluding hydrogens is 372 g/mol. The van der Waals surface area contributed by atoms with Crippen LogP contribution in [0.15, 0.2) is 78.9 Å². The molecule has 0 radical (unpaired) electrons. The molecule has 3 rings (SSSR count). The number of ether oxygens (including phenoxy) is 2. The molecule has 3 aromatic rings. The van der Waals surface area contributed by atoms with Crippen LogP contribution in [0.1, 0.15) is 10.4 Å². The van der Waals surface area contributed by atoms with Crippen LogP contribution in [0.2, 0.25) is 0 Å². The fourth-order valence-electron chi connectivity index (χ4n) is 2.66. The van der Waals surface area contributed by atoms with Crippen LogP contribution in [0.5, 0.6) is 11.5 Å². The van der Waals surface area contributed by atoms with Crippen LogP contribution >= 0.6 is 12.2 Å². The normalized spacial score (nSPS) is 10.1. The van der Waals surface area contributed by atoms with Gasteiger partial charge < -0.3 is 9.47 Å². The van der Waals surface area contributed by atoms with E-state index >= 15 is 0 Å². The van der Waals surface area contributed by atoms with E-state index in [4.69, 9.17) is 21.7 Å². The Labute approximate surface area is 169 Å². The number of carbonyl (C=O) groups excluding carboxylic acids is 1. The van der Waals surface area contributed by atoms with Crippen molar-refractivity contribution in [1.82, 2.24) is 5.32 Å². The van der Waals surface area contributed by atoms with E-state index in [0.717, 1.165) is 22.9 Å². The van der Waals surface area contributed by atoms with Gasteiger partial charge in [0.05, 0.1) is 14.2 Å². The highest BCUT2D eigenvalue weighted by Gasteiger charge is 2.18. The lowest BCUT2D eigenvalue weighted by molar-refractivity contribution is 0.0977. The van der Waals surface area contributed by atoms with E-state index in [9.17, 15) is 4.79 Å². The van der Waals surface area contributed by atoms with Gasteiger partial charge in [-0.2, -0.15) is 0 Å². The smallest absolute Gasteiger partial charge is 0.257 e. The molecule has 0 aliphatic rings. The maximum absolute atomic E-state index is 12.6. The third kappa shape index (κ3) is 4.47. The second-order valence-electron chi connectivity index (χ2n) is 5.86. The van der Waals surface area contributed by atoms with Crippen molar-refractivity contribution in [3.8, 4) is 11.5 Å².